The van der Waals surface area contributed by atoms with E-state index < -0.39 is 12.0 Å². The monoisotopic (exact) mass is 288 g/mol. The molecule has 6 nitrogen and oxygen atoms in total. The van der Waals surface area contributed by atoms with Crippen molar-refractivity contribution < 1.29 is 19.8 Å². The summed E-state index contributed by atoms with van der Waals surface area (Å²) in [6.07, 6.45) is 1.69. The van der Waals surface area contributed by atoms with E-state index in [1.807, 2.05) is 27.7 Å². The minimum Gasteiger partial charge on any atom is -0.481 e. The van der Waals surface area contributed by atoms with Gasteiger partial charge in [0.25, 0.3) is 0 Å². The minimum absolute atomic E-state index is 0.101. The summed E-state index contributed by atoms with van der Waals surface area (Å²) in [7, 11) is 0. The third-order valence-corrected chi connectivity index (χ3v) is 3.16. The van der Waals surface area contributed by atoms with Crippen LogP contribution in [0.25, 0.3) is 0 Å². The average molecular weight is 288 g/mol. The molecule has 0 fully saturated rings. The first-order valence-electron chi connectivity index (χ1n) is 7.10. The number of aliphatic hydroxyl groups is 1. The summed E-state index contributed by atoms with van der Waals surface area (Å²) in [5.74, 6) is -0.938. The molecule has 0 bridgehead atoms. The van der Waals surface area contributed by atoms with Crippen molar-refractivity contribution in [1.29, 1.82) is 0 Å². The minimum atomic E-state index is -0.938. The molecule has 6 heteroatoms. The molecule has 0 spiro atoms. The van der Waals surface area contributed by atoms with Crippen LogP contribution in [0.2, 0.25) is 0 Å². The lowest BCUT2D eigenvalue weighted by molar-refractivity contribution is -0.138. The lowest BCUT2D eigenvalue weighted by atomic mass is 9.85. The van der Waals surface area contributed by atoms with E-state index in [-0.39, 0.29) is 31.0 Å². The third-order valence-electron chi connectivity index (χ3n) is 3.16. The van der Waals surface area contributed by atoms with Crippen molar-refractivity contribution in [3.8, 4) is 0 Å². The Hall–Kier alpha value is -1.30. The lowest BCUT2D eigenvalue weighted by Crippen LogP contribution is -2.51. The van der Waals surface area contributed by atoms with Crippen molar-refractivity contribution in [2.45, 2.75) is 53.0 Å². The van der Waals surface area contributed by atoms with E-state index in [4.69, 9.17) is 10.2 Å². The van der Waals surface area contributed by atoms with E-state index in [0.717, 1.165) is 12.8 Å². The zero-order valence-electron chi connectivity index (χ0n) is 13.0. The highest BCUT2D eigenvalue weighted by atomic mass is 16.4. The molecule has 20 heavy (non-hydrogen) atoms. The highest BCUT2D eigenvalue weighted by Crippen LogP contribution is 2.22. The molecule has 0 rings (SSSR count). The molecule has 1 atom stereocenters. The number of aliphatic hydroxyl groups excluding tert-OH is 1. The van der Waals surface area contributed by atoms with Crippen molar-refractivity contribution in [2.75, 3.05) is 19.7 Å². The lowest BCUT2D eigenvalue weighted by Gasteiger charge is -2.33. The molecule has 0 aliphatic carbocycles. The summed E-state index contributed by atoms with van der Waals surface area (Å²) >= 11 is 0. The van der Waals surface area contributed by atoms with Crippen LogP contribution in [-0.4, -0.2) is 52.9 Å². The Morgan fingerprint density at radius 2 is 1.85 bits per heavy atom. The zero-order chi connectivity index (χ0) is 15.8. The maximum absolute atomic E-state index is 12.2. The first kappa shape index (κ1) is 18.7. The Bertz CT molecular complexity index is 313. The molecule has 118 valence electrons. The molecule has 0 radical (unpaired) electrons. The molecule has 0 heterocycles. The maximum Gasteiger partial charge on any atom is 0.317 e. The van der Waals surface area contributed by atoms with Gasteiger partial charge in [-0.1, -0.05) is 34.1 Å². The van der Waals surface area contributed by atoms with Crippen molar-refractivity contribution in [3.05, 3.63) is 0 Å². The second-order valence-electron chi connectivity index (χ2n) is 6.03. The standard InChI is InChI=1S/C14H28N2O4/c1-5-6-7-16(8-9-17)13(20)15-11(10-12(18)19)14(2,3)4/h11,17H,5-10H2,1-4H3,(H,15,20)(H,18,19). The normalized spacial score (nSPS) is 12.8. The van der Waals surface area contributed by atoms with Crippen LogP contribution in [0, 0.1) is 5.41 Å². The van der Waals surface area contributed by atoms with Crippen molar-refractivity contribution >= 4 is 12.0 Å². The number of aliphatic carboxylic acids is 1. The van der Waals surface area contributed by atoms with Gasteiger partial charge in [0.15, 0.2) is 0 Å². The number of hydrogen-bond acceptors (Lipinski definition) is 3. The van der Waals surface area contributed by atoms with Gasteiger partial charge in [0, 0.05) is 19.1 Å². The van der Waals surface area contributed by atoms with Gasteiger partial charge < -0.3 is 20.4 Å². The fourth-order valence-electron chi connectivity index (χ4n) is 1.77. The molecule has 0 aliphatic heterocycles. The van der Waals surface area contributed by atoms with Gasteiger partial charge in [-0.3, -0.25) is 4.79 Å². The molecule has 0 saturated heterocycles. The van der Waals surface area contributed by atoms with Crippen molar-refractivity contribution in [3.63, 3.8) is 0 Å². The van der Waals surface area contributed by atoms with E-state index in [2.05, 4.69) is 5.32 Å². The Labute approximate surface area is 121 Å². The third kappa shape index (κ3) is 7.33. The van der Waals surface area contributed by atoms with Crippen LogP contribution in [-0.2, 0) is 4.79 Å². The number of carbonyl (C=O) groups excluding carboxylic acids is 1. The number of hydrogen-bond donors (Lipinski definition) is 3. The van der Waals surface area contributed by atoms with Gasteiger partial charge >= 0.3 is 12.0 Å². The van der Waals surface area contributed by atoms with Crippen LogP contribution in [0.5, 0.6) is 0 Å². The van der Waals surface area contributed by atoms with E-state index >= 15 is 0 Å². The van der Waals surface area contributed by atoms with Crippen LogP contribution < -0.4 is 5.32 Å². The maximum atomic E-state index is 12.2. The molecule has 0 aromatic carbocycles. The SMILES string of the molecule is CCCCN(CCO)C(=O)NC(CC(=O)O)C(C)(C)C. The van der Waals surface area contributed by atoms with Crippen LogP contribution >= 0.6 is 0 Å². The predicted molar refractivity (Wildman–Crippen MR) is 77.6 cm³/mol. The van der Waals surface area contributed by atoms with Crippen LogP contribution in [0.4, 0.5) is 4.79 Å². The fourth-order valence-corrected chi connectivity index (χ4v) is 1.77. The highest BCUT2D eigenvalue weighted by molar-refractivity contribution is 5.76. The van der Waals surface area contributed by atoms with E-state index in [0.29, 0.717) is 6.54 Å². The Morgan fingerprint density at radius 1 is 1.25 bits per heavy atom. The van der Waals surface area contributed by atoms with E-state index in [1.54, 1.807) is 0 Å². The Morgan fingerprint density at radius 3 is 2.25 bits per heavy atom. The molecule has 1 unspecified atom stereocenters. The molecule has 0 aromatic heterocycles. The number of carboxylic acid groups (broad SMARTS) is 1. The van der Waals surface area contributed by atoms with Gasteiger partial charge in [-0.15, -0.1) is 0 Å². The van der Waals surface area contributed by atoms with Gasteiger partial charge in [-0.2, -0.15) is 0 Å². The quantitative estimate of drug-likeness (QED) is 0.634. The van der Waals surface area contributed by atoms with E-state index in [9.17, 15) is 9.59 Å². The topological polar surface area (TPSA) is 89.9 Å². The van der Waals surface area contributed by atoms with Crippen LogP contribution in [0.15, 0.2) is 0 Å². The molecule has 0 aliphatic rings. The summed E-state index contributed by atoms with van der Waals surface area (Å²) in [4.78, 5) is 24.6. The number of unbranched alkanes of at least 4 members (excludes halogenated alkanes) is 1. The summed E-state index contributed by atoms with van der Waals surface area (Å²) in [5.41, 5.74) is -0.344. The summed E-state index contributed by atoms with van der Waals surface area (Å²) in [6, 6.07) is -0.760. The first-order chi connectivity index (χ1) is 9.22. The number of carbonyl (C=O) groups is 2. The summed E-state index contributed by atoms with van der Waals surface area (Å²) < 4.78 is 0. The predicted octanol–water partition coefficient (Wildman–Crippen LogP) is 1.68. The van der Waals surface area contributed by atoms with E-state index in [1.165, 1.54) is 4.90 Å². The van der Waals surface area contributed by atoms with Crippen LogP contribution in [0.1, 0.15) is 47.0 Å². The molecular formula is C14H28N2O4. The number of carboxylic acids is 1. The van der Waals surface area contributed by atoms with Gasteiger partial charge in [0.05, 0.1) is 13.0 Å². The van der Waals surface area contributed by atoms with Gasteiger partial charge in [-0.25, -0.2) is 4.79 Å². The number of nitrogens with zero attached hydrogens (tertiary/aromatic N) is 1. The van der Waals surface area contributed by atoms with Gasteiger partial charge in [-0.05, 0) is 11.8 Å². The van der Waals surface area contributed by atoms with Crippen molar-refractivity contribution in [2.24, 2.45) is 5.41 Å². The highest BCUT2D eigenvalue weighted by Gasteiger charge is 2.29. The molecule has 3 N–H and O–H groups in total. The zero-order valence-corrected chi connectivity index (χ0v) is 13.0. The summed E-state index contributed by atoms with van der Waals surface area (Å²) in [6.45, 7) is 8.42. The smallest absolute Gasteiger partial charge is 0.317 e. The largest absolute Gasteiger partial charge is 0.481 e. The second kappa shape index (κ2) is 8.79. The molecular weight excluding hydrogens is 260 g/mol. The fraction of sp³-hybridized carbons (Fsp3) is 0.857. The van der Waals surface area contributed by atoms with Gasteiger partial charge in [0.1, 0.15) is 0 Å². The van der Waals surface area contributed by atoms with Gasteiger partial charge in [0.2, 0.25) is 0 Å². The molecule has 0 aromatic rings. The number of amides is 2. The number of nitrogens with one attached hydrogen (secondary N) is 1. The van der Waals surface area contributed by atoms with Crippen LogP contribution in [0.3, 0.4) is 0 Å². The molecule has 2 amide bonds. The summed E-state index contributed by atoms with van der Waals surface area (Å²) in [5, 5.41) is 20.7. The number of rotatable bonds is 8. The Balaban J connectivity index is 4.72. The van der Waals surface area contributed by atoms with Crippen molar-refractivity contribution in [1.82, 2.24) is 10.2 Å². The Kier molecular flexibility index (Phi) is 8.22. The first-order valence-corrected chi connectivity index (χ1v) is 7.10. The average Bonchev–Trinajstić information content (AvgIpc) is 2.31. The molecule has 0 saturated carbocycles. The second-order valence-corrected chi connectivity index (χ2v) is 6.03. The number of urea groups is 1.